The van der Waals surface area contributed by atoms with Crippen molar-refractivity contribution in [3.8, 4) is 0 Å². The Morgan fingerprint density at radius 3 is 2.79 bits per heavy atom. The van der Waals surface area contributed by atoms with Gasteiger partial charge >= 0.3 is 0 Å². The Morgan fingerprint density at radius 2 is 2.16 bits per heavy atom. The van der Waals surface area contributed by atoms with Gasteiger partial charge in [-0.15, -0.1) is 0 Å². The zero-order valence-electron chi connectivity index (χ0n) is 11.3. The minimum atomic E-state index is 0.0905. The van der Waals surface area contributed by atoms with Gasteiger partial charge in [-0.1, -0.05) is 17.7 Å². The second kappa shape index (κ2) is 6.92. The lowest BCUT2D eigenvalue weighted by molar-refractivity contribution is 0.0670. The summed E-state index contributed by atoms with van der Waals surface area (Å²) in [4.78, 5) is 14.2. The van der Waals surface area contributed by atoms with E-state index in [0.29, 0.717) is 16.5 Å². The lowest BCUT2D eigenvalue weighted by Gasteiger charge is -2.32. The molecule has 1 heterocycles. The Hall–Kier alpha value is -1.06. The summed E-state index contributed by atoms with van der Waals surface area (Å²) in [6.07, 6.45) is 3.22. The van der Waals surface area contributed by atoms with Crippen LogP contribution in [0.25, 0.3) is 0 Å². The second-order valence-electron chi connectivity index (χ2n) is 5.03. The molecule has 1 aromatic rings. The van der Waals surface area contributed by atoms with Crippen LogP contribution >= 0.6 is 11.6 Å². The normalized spacial score (nSPS) is 16.6. The highest BCUT2D eigenvalue weighted by atomic mass is 35.5. The standard InChI is InChI=1S/C15H20ClNO2/c1-19-10-7-12-5-8-17(9-6-12)15(18)13-3-2-4-14(16)11-13/h2-4,11-12H,5-10H2,1H3. The van der Waals surface area contributed by atoms with Gasteiger partial charge in [0.25, 0.3) is 5.91 Å². The molecule has 0 aromatic heterocycles. The minimum Gasteiger partial charge on any atom is -0.385 e. The van der Waals surface area contributed by atoms with E-state index in [9.17, 15) is 4.79 Å². The van der Waals surface area contributed by atoms with E-state index in [4.69, 9.17) is 16.3 Å². The van der Waals surface area contributed by atoms with Crippen LogP contribution in [-0.2, 0) is 4.74 Å². The first kappa shape index (κ1) is 14.4. The van der Waals surface area contributed by atoms with Gasteiger partial charge in [0, 0.05) is 37.4 Å². The number of methoxy groups -OCH3 is 1. The summed E-state index contributed by atoms with van der Waals surface area (Å²) in [5.74, 6) is 0.774. The Labute approximate surface area is 119 Å². The number of halogens is 1. The number of likely N-dealkylation sites (tertiary alicyclic amines) is 1. The average Bonchev–Trinajstić information content (AvgIpc) is 2.45. The van der Waals surface area contributed by atoms with E-state index >= 15 is 0 Å². The predicted octanol–water partition coefficient (Wildman–Crippen LogP) is 3.23. The van der Waals surface area contributed by atoms with E-state index in [1.165, 1.54) is 0 Å². The largest absolute Gasteiger partial charge is 0.385 e. The molecule has 1 amide bonds. The molecule has 0 aliphatic carbocycles. The maximum absolute atomic E-state index is 12.3. The van der Waals surface area contributed by atoms with Crippen molar-refractivity contribution in [2.75, 3.05) is 26.8 Å². The summed E-state index contributed by atoms with van der Waals surface area (Å²) in [6.45, 7) is 2.48. The zero-order chi connectivity index (χ0) is 13.7. The predicted molar refractivity (Wildman–Crippen MR) is 76.6 cm³/mol. The van der Waals surface area contributed by atoms with Crippen LogP contribution in [0, 0.1) is 5.92 Å². The third-order valence-electron chi connectivity index (χ3n) is 3.70. The molecule has 0 bridgehead atoms. The summed E-state index contributed by atoms with van der Waals surface area (Å²) in [5, 5.41) is 0.612. The number of amides is 1. The van der Waals surface area contributed by atoms with Crippen molar-refractivity contribution >= 4 is 17.5 Å². The highest BCUT2D eigenvalue weighted by Gasteiger charge is 2.23. The number of hydrogen-bond donors (Lipinski definition) is 0. The van der Waals surface area contributed by atoms with Gasteiger partial charge in [-0.3, -0.25) is 4.79 Å². The summed E-state index contributed by atoms with van der Waals surface area (Å²) < 4.78 is 5.11. The number of nitrogens with zero attached hydrogens (tertiary/aromatic N) is 1. The van der Waals surface area contributed by atoms with Gasteiger partial charge in [0.15, 0.2) is 0 Å². The van der Waals surface area contributed by atoms with Crippen LogP contribution in [0.3, 0.4) is 0 Å². The number of benzene rings is 1. The van der Waals surface area contributed by atoms with Crippen LogP contribution in [0.1, 0.15) is 29.6 Å². The first-order chi connectivity index (χ1) is 9.20. The highest BCUT2D eigenvalue weighted by molar-refractivity contribution is 6.30. The molecule has 3 nitrogen and oxygen atoms in total. The SMILES string of the molecule is COCCC1CCN(C(=O)c2cccc(Cl)c2)CC1. The maximum atomic E-state index is 12.3. The smallest absolute Gasteiger partial charge is 0.253 e. The van der Waals surface area contributed by atoms with Crippen molar-refractivity contribution in [1.82, 2.24) is 4.90 Å². The Balaban J connectivity index is 1.89. The number of ether oxygens (including phenoxy) is 1. The molecule has 0 unspecified atom stereocenters. The van der Waals surface area contributed by atoms with Gasteiger partial charge in [0.05, 0.1) is 0 Å². The van der Waals surface area contributed by atoms with Crippen LogP contribution in [0.5, 0.6) is 0 Å². The van der Waals surface area contributed by atoms with Crippen molar-refractivity contribution in [3.05, 3.63) is 34.9 Å². The lowest BCUT2D eigenvalue weighted by atomic mass is 9.93. The molecule has 0 radical (unpaired) electrons. The second-order valence-corrected chi connectivity index (χ2v) is 5.46. The zero-order valence-corrected chi connectivity index (χ0v) is 12.0. The third-order valence-corrected chi connectivity index (χ3v) is 3.94. The van der Waals surface area contributed by atoms with Gasteiger partial charge < -0.3 is 9.64 Å². The van der Waals surface area contributed by atoms with Crippen LogP contribution in [0.4, 0.5) is 0 Å². The molecule has 104 valence electrons. The van der Waals surface area contributed by atoms with Crippen LogP contribution < -0.4 is 0 Å². The number of carbonyl (C=O) groups is 1. The van der Waals surface area contributed by atoms with Crippen molar-refractivity contribution in [1.29, 1.82) is 0 Å². The number of rotatable bonds is 4. The van der Waals surface area contributed by atoms with Crippen LogP contribution in [0.2, 0.25) is 5.02 Å². The Bertz CT molecular complexity index is 428. The number of hydrogen-bond acceptors (Lipinski definition) is 2. The van der Waals surface area contributed by atoms with E-state index in [2.05, 4.69) is 0 Å². The van der Waals surface area contributed by atoms with Gasteiger partial charge in [0.1, 0.15) is 0 Å². The molecule has 4 heteroatoms. The highest BCUT2D eigenvalue weighted by Crippen LogP contribution is 2.22. The van der Waals surface area contributed by atoms with Gasteiger partial charge in [-0.25, -0.2) is 0 Å². The third kappa shape index (κ3) is 3.95. The molecule has 0 saturated carbocycles. The maximum Gasteiger partial charge on any atom is 0.253 e. The van der Waals surface area contributed by atoms with Crippen LogP contribution in [0.15, 0.2) is 24.3 Å². The van der Waals surface area contributed by atoms with Crippen molar-refractivity contribution in [3.63, 3.8) is 0 Å². The van der Waals surface area contributed by atoms with E-state index < -0.39 is 0 Å². The van der Waals surface area contributed by atoms with E-state index in [0.717, 1.165) is 39.0 Å². The monoisotopic (exact) mass is 281 g/mol. The molecule has 0 N–H and O–H groups in total. The average molecular weight is 282 g/mol. The fourth-order valence-corrected chi connectivity index (χ4v) is 2.70. The van der Waals surface area contributed by atoms with Gasteiger partial charge in [-0.05, 0) is 43.4 Å². The molecule has 1 aliphatic rings. The summed E-state index contributed by atoms with van der Waals surface area (Å²) >= 11 is 5.92. The summed E-state index contributed by atoms with van der Waals surface area (Å²) in [5.41, 5.74) is 0.683. The number of carbonyl (C=O) groups excluding carboxylic acids is 1. The van der Waals surface area contributed by atoms with E-state index in [1.807, 2.05) is 17.0 Å². The number of piperidine rings is 1. The molecule has 1 fully saturated rings. The molecule has 0 spiro atoms. The van der Waals surface area contributed by atoms with Gasteiger partial charge in [0.2, 0.25) is 0 Å². The Kier molecular flexibility index (Phi) is 5.23. The molecule has 0 atom stereocenters. The topological polar surface area (TPSA) is 29.5 Å². The molecule has 19 heavy (non-hydrogen) atoms. The fourth-order valence-electron chi connectivity index (χ4n) is 2.51. The van der Waals surface area contributed by atoms with E-state index in [-0.39, 0.29) is 5.91 Å². The molecule has 1 aliphatic heterocycles. The Morgan fingerprint density at radius 1 is 1.42 bits per heavy atom. The molecular formula is C15H20ClNO2. The van der Waals surface area contributed by atoms with E-state index in [1.54, 1.807) is 19.2 Å². The minimum absolute atomic E-state index is 0.0905. The molecular weight excluding hydrogens is 262 g/mol. The van der Waals surface area contributed by atoms with Gasteiger partial charge in [-0.2, -0.15) is 0 Å². The quantitative estimate of drug-likeness (QED) is 0.848. The summed E-state index contributed by atoms with van der Waals surface area (Å²) in [7, 11) is 1.73. The van der Waals surface area contributed by atoms with Crippen LogP contribution in [-0.4, -0.2) is 37.6 Å². The van der Waals surface area contributed by atoms with Crippen molar-refractivity contribution < 1.29 is 9.53 Å². The molecule has 2 rings (SSSR count). The van der Waals surface area contributed by atoms with Crippen molar-refractivity contribution in [2.45, 2.75) is 19.3 Å². The molecule has 1 saturated heterocycles. The molecule has 1 aromatic carbocycles. The summed E-state index contributed by atoms with van der Waals surface area (Å²) in [6, 6.07) is 7.17. The van der Waals surface area contributed by atoms with Crippen molar-refractivity contribution in [2.24, 2.45) is 5.92 Å². The lowest BCUT2D eigenvalue weighted by Crippen LogP contribution is -2.38. The first-order valence-corrected chi connectivity index (χ1v) is 7.12. The first-order valence-electron chi connectivity index (χ1n) is 6.74. The fraction of sp³-hybridized carbons (Fsp3) is 0.533.